The zero-order valence-electron chi connectivity index (χ0n) is 8.66. The van der Waals surface area contributed by atoms with Gasteiger partial charge >= 0.3 is 0 Å². The number of nitrogens with one attached hydrogen (secondary N) is 1. The van der Waals surface area contributed by atoms with Crippen molar-refractivity contribution in [2.75, 3.05) is 0 Å². The van der Waals surface area contributed by atoms with Crippen molar-refractivity contribution in [3.8, 4) is 0 Å². The molecule has 0 radical (unpaired) electrons. The normalized spacial score (nSPS) is 11.0. The molecule has 0 spiro atoms. The van der Waals surface area contributed by atoms with Gasteiger partial charge in [0, 0.05) is 5.02 Å². The molecule has 16 heavy (non-hydrogen) atoms. The highest BCUT2D eigenvalue weighted by atomic mass is 35.5. The largest absolute Gasteiger partial charge is 0.364 e. The Morgan fingerprint density at radius 2 is 2.19 bits per heavy atom. The summed E-state index contributed by atoms with van der Waals surface area (Å²) in [5, 5.41) is 2.86. The molecule has 3 N–H and O–H groups in total. The van der Waals surface area contributed by atoms with E-state index >= 15 is 0 Å². The molecule has 0 bridgehead atoms. The van der Waals surface area contributed by atoms with Gasteiger partial charge in [0.05, 0.1) is 0 Å². The van der Waals surface area contributed by atoms with Crippen molar-refractivity contribution in [1.29, 1.82) is 0 Å². The fourth-order valence-corrected chi connectivity index (χ4v) is 1.43. The quantitative estimate of drug-likeness (QED) is 0.612. The fraction of sp³-hybridized carbons (Fsp3) is 0.0909. The number of carbonyl (C=O) groups is 2. The lowest BCUT2D eigenvalue weighted by Crippen LogP contribution is -2.25. The first-order chi connectivity index (χ1) is 7.54. The minimum atomic E-state index is -0.693. The Labute approximate surface area is 98.1 Å². The highest BCUT2D eigenvalue weighted by molar-refractivity contribution is 6.30. The summed E-state index contributed by atoms with van der Waals surface area (Å²) in [6.45, 7) is 1.84. The van der Waals surface area contributed by atoms with Gasteiger partial charge in [-0.05, 0) is 36.3 Å². The van der Waals surface area contributed by atoms with Crippen LogP contribution in [0, 0.1) is 6.92 Å². The standard InChI is InChI=1S/C11H11ClN2O2/c1-7-4-9(12)3-2-8(7)5-10(11(13)16)14-6-15/h2-6H,1H3,(H2,13,16)(H,14,15)/b10-5-. The predicted molar refractivity (Wildman–Crippen MR) is 62.6 cm³/mol. The molecule has 0 heterocycles. The molecule has 0 saturated carbocycles. The molecule has 1 aromatic rings. The Kier molecular flexibility index (Phi) is 4.08. The molecule has 0 unspecified atom stereocenters. The van der Waals surface area contributed by atoms with Gasteiger partial charge in [0.2, 0.25) is 6.41 Å². The number of hydrogen-bond donors (Lipinski definition) is 2. The van der Waals surface area contributed by atoms with Crippen LogP contribution in [0.25, 0.3) is 6.08 Å². The lowest BCUT2D eigenvalue weighted by molar-refractivity contribution is -0.116. The third-order valence-electron chi connectivity index (χ3n) is 2.01. The van der Waals surface area contributed by atoms with Crippen molar-refractivity contribution < 1.29 is 9.59 Å². The smallest absolute Gasteiger partial charge is 0.265 e. The number of halogens is 1. The summed E-state index contributed by atoms with van der Waals surface area (Å²) in [6, 6.07) is 5.19. The second kappa shape index (κ2) is 5.32. The zero-order chi connectivity index (χ0) is 12.1. The van der Waals surface area contributed by atoms with Crippen LogP contribution in [-0.2, 0) is 9.59 Å². The maximum atomic E-state index is 11.0. The molecule has 0 fully saturated rings. The molecule has 1 aromatic carbocycles. The second-order valence-electron chi connectivity index (χ2n) is 3.19. The molecular formula is C11H11ClN2O2. The van der Waals surface area contributed by atoms with E-state index in [2.05, 4.69) is 5.32 Å². The minimum absolute atomic E-state index is 0.0421. The number of primary amides is 1. The minimum Gasteiger partial charge on any atom is -0.364 e. The molecular weight excluding hydrogens is 228 g/mol. The van der Waals surface area contributed by atoms with Gasteiger partial charge in [-0.25, -0.2) is 0 Å². The van der Waals surface area contributed by atoms with E-state index in [1.165, 1.54) is 6.08 Å². The summed E-state index contributed by atoms with van der Waals surface area (Å²) < 4.78 is 0. The van der Waals surface area contributed by atoms with Gasteiger partial charge in [0.25, 0.3) is 5.91 Å². The zero-order valence-corrected chi connectivity index (χ0v) is 9.41. The van der Waals surface area contributed by atoms with Crippen LogP contribution >= 0.6 is 11.6 Å². The summed E-state index contributed by atoms with van der Waals surface area (Å²) in [7, 11) is 0. The maximum absolute atomic E-state index is 11.0. The molecule has 2 amide bonds. The number of nitrogens with two attached hydrogens (primary N) is 1. The van der Waals surface area contributed by atoms with E-state index in [4.69, 9.17) is 17.3 Å². The molecule has 0 aromatic heterocycles. The highest BCUT2D eigenvalue weighted by Crippen LogP contribution is 2.17. The summed E-state index contributed by atoms with van der Waals surface area (Å²) in [6.07, 6.45) is 1.91. The van der Waals surface area contributed by atoms with Crippen LogP contribution in [0.2, 0.25) is 5.02 Å². The number of carbonyl (C=O) groups excluding carboxylic acids is 2. The van der Waals surface area contributed by atoms with Crippen molar-refractivity contribution in [1.82, 2.24) is 5.32 Å². The van der Waals surface area contributed by atoms with Crippen LogP contribution in [0.15, 0.2) is 23.9 Å². The lowest BCUT2D eigenvalue weighted by atomic mass is 10.1. The van der Waals surface area contributed by atoms with Crippen LogP contribution in [-0.4, -0.2) is 12.3 Å². The Morgan fingerprint density at radius 3 is 2.69 bits per heavy atom. The molecule has 4 nitrogen and oxygen atoms in total. The van der Waals surface area contributed by atoms with E-state index in [1.807, 2.05) is 6.92 Å². The van der Waals surface area contributed by atoms with E-state index < -0.39 is 5.91 Å². The topological polar surface area (TPSA) is 72.2 Å². The summed E-state index contributed by atoms with van der Waals surface area (Å²) in [5.41, 5.74) is 6.80. The van der Waals surface area contributed by atoms with E-state index in [0.717, 1.165) is 11.1 Å². The average molecular weight is 239 g/mol. The van der Waals surface area contributed by atoms with Crippen molar-refractivity contribution in [2.45, 2.75) is 6.92 Å². The first-order valence-corrected chi connectivity index (χ1v) is 4.90. The van der Waals surface area contributed by atoms with Crippen molar-refractivity contribution >= 4 is 30.0 Å². The van der Waals surface area contributed by atoms with E-state index in [1.54, 1.807) is 18.2 Å². The first kappa shape index (κ1) is 12.3. The SMILES string of the molecule is Cc1cc(Cl)ccc1/C=C(\NC=O)C(N)=O. The Bertz CT molecular complexity index is 455. The number of amides is 2. The Balaban J connectivity index is 3.12. The summed E-state index contributed by atoms with van der Waals surface area (Å²) in [4.78, 5) is 21.2. The van der Waals surface area contributed by atoms with E-state index in [-0.39, 0.29) is 5.70 Å². The van der Waals surface area contributed by atoms with Crippen LogP contribution < -0.4 is 11.1 Å². The molecule has 5 heteroatoms. The Hall–Kier alpha value is -1.81. The van der Waals surface area contributed by atoms with Gasteiger partial charge in [0.1, 0.15) is 5.70 Å². The van der Waals surface area contributed by atoms with E-state index in [0.29, 0.717) is 11.4 Å². The summed E-state index contributed by atoms with van der Waals surface area (Å²) in [5.74, 6) is -0.693. The Morgan fingerprint density at radius 1 is 1.50 bits per heavy atom. The lowest BCUT2D eigenvalue weighted by Gasteiger charge is -2.04. The predicted octanol–water partition coefficient (Wildman–Crippen LogP) is 1.22. The number of aryl methyl sites for hydroxylation is 1. The van der Waals surface area contributed by atoms with Gasteiger partial charge in [-0.1, -0.05) is 17.7 Å². The maximum Gasteiger partial charge on any atom is 0.265 e. The number of rotatable bonds is 4. The summed E-state index contributed by atoms with van der Waals surface area (Å²) >= 11 is 5.79. The van der Waals surface area contributed by atoms with Gasteiger partial charge in [-0.3, -0.25) is 9.59 Å². The first-order valence-electron chi connectivity index (χ1n) is 4.52. The molecule has 0 atom stereocenters. The second-order valence-corrected chi connectivity index (χ2v) is 3.62. The third kappa shape index (κ3) is 3.10. The van der Waals surface area contributed by atoms with Crippen LogP contribution in [0.4, 0.5) is 0 Å². The number of hydrogen-bond acceptors (Lipinski definition) is 2. The monoisotopic (exact) mass is 238 g/mol. The van der Waals surface area contributed by atoms with Gasteiger partial charge in [-0.2, -0.15) is 0 Å². The van der Waals surface area contributed by atoms with Crippen molar-refractivity contribution in [3.63, 3.8) is 0 Å². The molecule has 0 aliphatic heterocycles. The third-order valence-corrected chi connectivity index (χ3v) is 2.25. The van der Waals surface area contributed by atoms with Crippen LogP contribution in [0.1, 0.15) is 11.1 Å². The molecule has 0 aliphatic rings. The van der Waals surface area contributed by atoms with Crippen molar-refractivity contribution in [2.24, 2.45) is 5.73 Å². The molecule has 0 saturated heterocycles. The number of benzene rings is 1. The van der Waals surface area contributed by atoms with Gasteiger partial charge in [0.15, 0.2) is 0 Å². The molecule has 84 valence electrons. The molecule has 1 rings (SSSR count). The van der Waals surface area contributed by atoms with Gasteiger partial charge < -0.3 is 11.1 Å². The molecule has 0 aliphatic carbocycles. The fourth-order valence-electron chi connectivity index (χ4n) is 1.20. The van der Waals surface area contributed by atoms with Crippen molar-refractivity contribution in [3.05, 3.63) is 40.0 Å². The van der Waals surface area contributed by atoms with Crippen LogP contribution in [0.5, 0.6) is 0 Å². The highest BCUT2D eigenvalue weighted by Gasteiger charge is 2.05. The van der Waals surface area contributed by atoms with Gasteiger partial charge in [-0.15, -0.1) is 0 Å². The average Bonchev–Trinajstić information content (AvgIpc) is 2.20. The van der Waals surface area contributed by atoms with Crippen LogP contribution in [0.3, 0.4) is 0 Å². The van der Waals surface area contributed by atoms with E-state index in [9.17, 15) is 9.59 Å².